The average molecular weight is 153 g/mol. The maximum Gasteiger partial charge on any atom is 0.0102 e. The van der Waals surface area contributed by atoms with E-state index < -0.39 is 0 Å². The third-order valence-corrected chi connectivity index (χ3v) is 3.61. The molecule has 2 unspecified atom stereocenters. The van der Waals surface area contributed by atoms with E-state index in [0.717, 1.165) is 0 Å². The summed E-state index contributed by atoms with van der Waals surface area (Å²) < 4.78 is 0. The summed E-state index contributed by atoms with van der Waals surface area (Å²) in [6.45, 7) is 4.78. The lowest BCUT2D eigenvalue weighted by molar-refractivity contribution is 0.160. The average Bonchev–Trinajstić information content (AvgIpc) is 2.38. The van der Waals surface area contributed by atoms with E-state index in [-0.39, 0.29) is 0 Å². The molecule has 0 aromatic carbocycles. The molecule has 0 radical (unpaired) electrons. The summed E-state index contributed by atoms with van der Waals surface area (Å²) in [5.74, 6) is 0. The van der Waals surface area contributed by atoms with E-state index in [9.17, 15) is 0 Å². The van der Waals surface area contributed by atoms with Gasteiger partial charge in [0, 0.05) is 6.04 Å². The van der Waals surface area contributed by atoms with E-state index in [2.05, 4.69) is 13.8 Å². The van der Waals surface area contributed by atoms with Gasteiger partial charge in [0.25, 0.3) is 0 Å². The monoisotopic (exact) mass is 153 g/mol. The van der Waals surface area contributed by atoms with E-state index in [1.807, 2.05) is 0 Å². The van der Waals surface area contributed by atoms with Gasteiger partial charge in [0.1, 0.15) is 0 Å². The molecule has 0 aromatic heterocycles. The predicted octanol–water partition coefficient (Wildman–Crippen LogP) is 2.30. The van der Waals surface area contributed by atoms with Crippen molar-refractivity contribution >= 4 is 0 Å². The molecule has 0 aromatic rings. The summed E-state index contributed by atoms with van der Waals surface area (Å²) in [4.78, 5) is 0. The molecule has 1 nitrogen and oxygen atoms in total. The minimum atomic E-state index is 0.544. The van der Waals surface area contributed by atoms with Crippen LogP contribution in [0.15, 0.2) is 0 Å². The summed E-state index contributed by atoms with van der Waals surface area (Å²) >= 11 is 0. The van der Waals surface area contributed by atoms with Gasteiger partial charge in [0.2, 0.25) is 0 Å². The van der Waals surface area contributed by atoms with Crippen LogP contribution in [-0.2, 0) is 0 Å². The molecule has 0 aliphatic heterocycles. The van der Waals surface area contributed by atoms with Crippen molar-refractivity contribution in [1.82, 2.24) is 0 Å². The molecule has 2 fully saturated rings. The first kappa shape index (κ1) is 7.60. The minimum absolute atomic E-state index is 0.544. The Labute approximate surface area is 69.4 Å². The number of hydrogen-bond donors (Lipinski definition) is 1. The number of nitrogens with two attached hydrogens (primary N) is 1. The van der Waals surface area contributed by atoms with Crippen molar-refractivity contribution in [2.24, 2.45) is 16.6 Å². The first-order chi connectivity index (χ1) is 5.04. The Morgan fingerprint density at radius 2 is 1.91 bits per heavy atom. The molecule has 0 heterocycles. The molecule has 1 heteroatoms. The molecule has 64 valence electrons. The standard InChI is InChI=1S/C10H19N/c1-9(2)4-3-5-10(7-9)6-8(10)11/h8H,3-7,11H2,1-2H3. The van der Waals surface area contributed by atoms with Gasteiger partial charge >= 0.3 is 0 Å². The van der Waals surface area contributed by atoms with Crippen LogP contribution in [0.5, 0.6) is 0 Å². The fraction of sp³-hybridized carbons (Fsp3) is 1.00. The van der Waals surface area contributed by atoms with Crippen molar-refractivity contribution in [1.29, 1.82) is 0 Å². The fourth-order valence-corrected chi connectivity index (χ4v) is 2.92. The van der Waals surface area contributed by atoms with Gasteiger partial charge < -0.3 is 5.73 Å². The summed E-state index contributed by atoms with van der Waals surface area (Å²) in [6.07, 6.45) is 6.89. The quantitative estimate of drug-likeness (QED) is 0.568. The van der Waals surface area contributed by atoms with Gasteiger partial charge in [-0.2, -0.15) is 0 Å². The zero-order valence-corrected chi connectivity index (χ0v) is 7.69. The normalized spacial score (nSPS) is 47.7. The molecule has 2 aliphatic carbocycles. The molecular formula is C10H19N. The van der Waals surface area contributed by atoms with Crippen molar-refractivity contribution in [3.63, 3.8) is 0 Å². The van der Waals surface area contributed by atoms with Crippen LogP contribution < -0.4 is 5.73 Å². The first-order valence-electron chi connectivity index (χ1n) is 4.80. The molecule has 2 rings (SSSR count). The summed E-state index contributed by atoms with van der Waals surface area (Å²) in [5.41, 5.74) is 7.13. The van der Waals surface area contributed by atoms with Crippen LogP contribution in [0.1, 0.15) is 46.0 Å². The molecule has 2 atom stereocenters. The third-order valence-electron chi connectivity index (χ3n) is 3.61. The van der Waals surface area contributed by atoms with Gasteiger partial charge in [0.15, 0.2) is 0 Å². The van der Waals surface area contributed by atoms with E-state index in [4.69, 9.17) is 5.73 Å². The highest BCUT2D eigenvalue weighted by Crippen LogP contribution is 2.59. The number of hydrogen-bond acceptors (Lipinski definition) is 1. The van der Waals surface area contributed by atoms with Crippen LogP contribution in [0, 0.1) is 10.8 Å². The minimum Gasteiger partial charge on any atom is -0.327 e. The van der Waals surface area contributed by atoms with E-state index in [1.165, 1.54) is 32.1 Å². The van der Waals surface area contributed by atoms with Crippen LogP contribution in [0.2, 0.25) is 0 Å². The zero-order valence-electron chi connectivity index (χ0n) is 7.69. The second-order valence-corrected chi connectivity index (χ2v) is 5.37. The largest absolute Gasteiger partial charge is 0.327 e. The lowest BCUT2D eigenvalue weighted by atomic mass is 9.70. The summed E-state index contributed by atoms with van der Waals surface area (Å²) in [6, 6.07) is 0.544. The molecule has 11 heavy (non-hydrogen) atoms. The lowest BCUT2D eigenvalue weighted by Crippen LogP contribution is -2.27. The predicted molar refractivity (Wildman–Crippen MR) is 47.3 cm³/mol. The molecule has 2 saturated carbocycles. The first-order valence-corrected chi connectivity index (χ1v) is 4.80. The Kier molecular flexibility index (Phi) is 1.39. The molecule has 2 N–H and O–H groups in total. The van der Waals surface area contributed by atoms with Crippen LogP contribution in [0.25, 0.3) is 0 Å². The van der Waals surface area contributed by atoms with Gasteiger partial charge in [-0.1, -0.05) is 20.3 Å². The van der Waals surface area contributed by atoms with Gasteiger partial charge in [0.05, 0.1) is 0 Å². The van der Waals surface area contributed by atoms with Gasteiger partial charge in [-0.25, -0.2) is 0 Å². The van der Waals surface area contributed by atoms with Crippen molar-refractivity contribution in [2.45, 2.75) is 52.0 Å². The SMILES string of the molecule is CC1(C)CCCC2(CC2N)C1. The highest BCUT2D eigenvalue weighted by molar-refractivity contribution is 5.09. The molecule has 0 bridgehead atoms. The summed E-state index contributed by atoms with van der Waals surface area (Å²) in [5, 5.41) is 0. The van der Waals surface area contributed by atoms with Crippen molar-refractivity contribution in [3.05, 3.63) is 0 Å². The van der Waals surface area contributed by atoms with Gasteiger partial charge in [-0.15, -0.1) is 0 Å². The van der Waals surface area contributed by atoms with Gasteiger partial charge in [-0.05, 0) is 36.5 Å². The number of rotatable bonds is 0. The Balaban J connectivity index is 2.06. The lowest BCUT2D eigenvalue weighted by Gasteiger charge is -2.35. The van der Waals surface area contributed by atoms with Crippen molar-refractivity contribution < 1.29 is 0 Å². The Morgan fingerprint density at radius 3 is 2.27 bits per heavy atom. The Bertz CT molecular complexity index is 174. The molecule has 0 saturated heterocycles. The Morgan fingerprint density at radius 1 is 1.27 bits per heavy atom. The van der Waals surface area contributed by atoms with Crippen LogP contribution in [0.3, 0.4) is 0 Å². The molecular weight excluding hydrogens is 134 g/mol. The summed E-state index contributed by atoms with van der Waals surface area (Å²) in [7, 11) is 0. The van der Waals surface area contributed by atoms with Crippen LogP contribution in [-0.4, -0.2) is 6.04 Å². The van der Waals surface area contributed by atoms with Crippen LogP contribution in [0.4, 0.5) is 0 Å². The molecule has 0 amide bonds. The van der Waals surface area contributed by atoms with Crippen molar-refractivity contribution in [2.75, 3.05) is 0 Å². The highest BCUT2D eigenvalue weighted by atomic mass is 14.8. The maximum atomic E-state index is 5.95. The second-order valence-electron chi connectivity index (χ2n) is 5.37. The van der Waals surface area contributed by atoms with E-state index in [0.29, 0.717) is 16.9 Å². The molecule has 2 aliphatic rings. The Hall–Kier alpha value is -0.0400. The second kappa shape index (κ2) is 2.01. The smallest absolute Gasteiger partial charge is 0.0102 e. The zero-order chi connectivity index (χ0) is 8.11. The maximum absolute atomic E-state index is 5.95. The van der Waals surface area contributed by atoms with E-state index >= 15 is 0 Å². The molecule has 1 spiro atoms. The topological polar surface area (TPSA) is 26.0 Å². The van der Waals surface area contributed by atoms with Crippen molar-refractivity contribution in [3.8, 4) is 0 Å². The highest BCUT2D eigenvalue weighted by Gasteiger charge is 2.55. The fourth-order valence-electron chi connectivity index (χ4n) is 2.92. The van der Waals surface area contributed by atoms with Crippen LogP contribution >= 0.6 is 0 Å². The van der Waals surface area contributed by atoms with E-state index in [1.54, 1.807) is 0 Å². The third kappa shape index (κ3) is 1.20. The van der Waals surface area contributed by atoms with Gasteiger partial charge in [-0.3, -0.25) is 0 Å².